The number of carbonyl (C=O) groups is 1. The van der Waals surface area contributed by atoms with E-state index in [1.54, 1.807) is 0 Å². The Labute approximate surface area is 92.4 Å². The highest BCUT2D eigenvalue weighted by atomic mass is 32.1. The second-order valence-corrected chi connectivity index (χ2v) is 4.08. The van der Waals surface area contributed by atoms with E-state index in [-0.39, 0.29) is 16.8 Å². The number of nitrogens with two attached hydrogens (primary N) is 1. The van der Waals surface area contributed by atoms with Crippen LogP contribution in [0.4, 0.5) is 5.82 Å². The molecule has 1 aliphatic carbocycles. The highest BCUT2D eigenvalue weighted by Gasteiger charge is 2.26. The lowest BCUT2D eigenvalue weighted by atomic mass is 9.85. The SMILES string of the molecule is NC(=S)c1cn[nH]c1NC(=O)C1CCC1. The van der Waals surface area contributed by atoms with E-state index >= 15 is 0 Å². The van der Waals surface area contributed by atoms with Crippen LogP contribution in [0.3, 0.4) is 0 Å². The first-order valence-electron chi connectivity index (χ1n) is 4.82. The van der Waals surface area contributed by atoms with Crippen molar-refractivity contribution in [1.82, 2.24) is 10.2 Å². The topological polar surface area (TPSA) is 83.8 Å². The lowest BCUT2D eigenvalue weighted by molar-refractivity contribution is -0.122. The Balaban J connectivity index is 2.06. The van der Waals surface area contributed by atoms with E-state index in [4.69, 9.17) is 18.0 Å². The van der Waals surface area contributed by atoms with Crippen molar-refractivity contribution in [3.05, 3.63) is 11.8 Å². The molecule has 0 aromatic carbocycles. The summed E-state index contributed by atoms with van der Waals surface area (Å²) in [5.41, 5.74) is 6.06. The van der Waals surface area contributed by atoms with Crippen LogP contribution < -0.4 is 11.1 Å². The summed E-state index contributed by atoms with van der Waals surface area (Å²) in [6, 6.07) is 0. The van der Waals surface area contributed by atoms with Gasteiger partial charge in [-0.25, -0.2) is 0 Å². The van der Waals surface area contributed by atoms with Crippen LogP contribution in [0.1, 0.15) is 24.8 Å². The largest absolute Gasteiger partial charge is 0.389 e. The fourth-order valence-electron chi connectivity index (χ4n) is 1.46. The van der Waals surface area contributed by atoms with Gasteiger partial charge in [0.05, 0.1) is 11.8 Å². The zero-order valence-corrected chi connectivity index (χ0v) is 8.93. The molecule has 2 rings (SSSR count). The number of rotatable bonds is 3. The van der Waals surface area contributed by atoms with Crippen molar-refractivity contribution in [3.8, 4) is 0 Å². The molecule has 0 spiro atoms. The molecule has 0 aliphatic heterocycles. The molecule has 0 atom stereocenters. The minimum absolute atomic E-state index is 0.0167. The van der Waals surface area contributed by atoms with Crippen molar-refractivity contribution in [2.75, 3.05) is 5.32 Å². The fourth-order valence-corrected chi connectivity index (χ4v) is 1.62. The molecule has 1 fully saturated rings. The molecule has 1 saturated carbocycles. The van der Waals surface area contributed by atoms with Gasteiger partial charge in [-0.2, -0.15) is 5.10 Å². The van der Waals surface area contributed by atoms with Crippen molar-refractivity contribution >= 4 is 28.9 Å². The standard InChI is InChI=1S/C9H12N4OS/c10-7(15)6-4-11-13-8(6)12-9(14)5-2-1-3-5/h4-5H,1-3H2,(H2,10,15)(H2,11,12,13,14). The Kier molecular flexibility index (Phi) is 2.68. The summed E-state index contributed by atoms with van der Waals surface area (Å²) in [6.07, 6.45) is 4.56. The molecule has 15 heavy (non-hydrogen) atoms. The van der Waals surface area contributed by atoms with Crippen LogP contribution in [-0.4, -0.2) is 21.1 Å². The average Bonchev–Trinajstić information content (AvgIpc) is 2.48. The van der Waals surface area contributed by atoms with Crippen LogP contribution in [-0.2, 0) is 4.79 Å². The van der Waals surface area contributed by atoms with E-state index in [1.165, 1.54) is 6.20 Å². The highest BCUT2D eigenvalue weighted by molar-refractivity contribution is 7.80. The second kappa shape index (κ2) is 3.98. The first-order valence-corrected chi connectivity index (χ1v) is 5.23. The summed E-state index contributed by atoms with van der Waals surface area (Å²) in [6.45, 7) is 0. The number of thiocarbonyl (C=S) groups is 1. The summed E-state index contributed by atoms with van der Waals surface area (Å²) in [7, 11) is 0. The normalized spacial score (nSPS) is 15.7. The molecule has 5 nitrogen and oxygen atoms in total. The molecule has 1 aromatic heterocycles. The second-order valence-electron chi connectivity index (χ2n) is 3.64. The maximum absolute atomic E-state index is 11.6. The Morgan fingerprint density at radius 2 is 2.40 bits per heavy atom. The molecule has 0 radical (unpaired) electrons. The Hall–Kier alpha value is -1.43. The quantitative estimate of drug-likeness (QED) is 0.662. The van der Waals surface area contributed by atoms with Crippen molar-refractivity contribution in [3.63, 3.8) is 0 Å². The molecule has 1 aromatic rings. The van der Waals surface area contributed by atoms with E-state index in [1.807, 2.05) is 0 Å². The van der Waals surface area contributed by atoms with Crippen molar-refractivity contribution in [2.45, 2.75) is 19.3 Å². The number of nitrogens with zero attached hydrogens (tertiary/aromatic N) is 1. The number of hydrogen-bond acceptors (Lipinski definition) is 3. The monoisotopic (exact) mass is 224 g/mol. The maximum atomic E-state index is 11.6. The lowest BCUT2D eigenvalue weighted by Gasteiger charge is -2.23. The van der Waals surface area contributed by atoms with Crippen molar-refractivity contribution in [1.29, 1.82) is 0 Å². The first-order chi connectivity index (χ1) is 7.18. The van der Waals surface area contributed by atoms with Crippen LogP contribution >= 0.6 is 12.2 Å². The summed E-state index contributed by atoms with van der Waals surface area (Å²) in [5, 5.41) is 9.21. The first kappa shape index (κ1) is 10.1. The van der Waals surface area contributed by atoms with E-state index in [0.717, 1.165) is 19.3 Å². The van der Waals surface area contributed by atoms with Crippen LogP contribution in [0, 0.1) is 5.92 Å². The third-order valence-electron chi connectivity index (χ3n) is 2.63. The van der Waals surface area contributed by atoms with Crippen molar-refractivity contribution in [2.24, 2.45) is 11.7 Å². The van der Waals surface area contributed by atoms with E-state index in [2.05, 4.69) is 15.5 Å². The number of aromatic amines is 1. The number of hydrogen-bond donors (Lipinski definition) is 3. The van der Waals surface area contributed by atoms with Gasteiger partial charge < -0.3 is 11.1 Å². The zero-order chi connectivity index (χ0) is 10.8. The van der Waals surface area contributed by atoms with E-state index in [0.29, 0.717) is 11.4 Å². The molecule has 6 heteroatoms. The molecule has 0 bridgehead atoms. The molecule has 4 N–H and O–H groups in total. The fraction of sp³-hybridized carbons (Fsp3) is 0.444. The molecule has 0 unspecified atom stereocenters. The van der Waals surface area contributed by atoms with Gasteiger partial charge in [-0.1, -0.05) is 18.6 Å². The van der Waals surface area contributed by atoms with Crippen LogP contribution in [0.2, 0.25) is 0 Å². The zero-order valence-electron chi connectivity index (χ0n) is 8.12. The number of aromatic nitrogens is 2. The van der Waals surface area contributed by atoms with Crippen LogP contribution in [0.15, 0.2) is 6.20 Å². The van der Waals surface area contributed by atoms with Gasteiger partial charge in [-0.3, -0.25) is 9.89 Å². The Morgan fingerprint density at radius 1 is 1.67 bits per heavy atom. The van der Waals surface area contributed by atoms with Gasteiger partial charge in [0, 0.05) is 5.92 Å². The van der Waals surface area contributed by atoms with Crippen LogP contribution in [0.25, 0.3) is 0 Å². The molecule has 1 heterocycles. The number of nitrogens with one attached hydrogen (secondary N) is 2. The Morgan fingerprint density at radius 3 is 2.93 bits per heavy atom. The maximum Gasteiger partial charge on any atom is 0.228 e. The highest BCUT2D eigenvalue weighted by Crippen LogP contribution is 2.27. The molecule has 0 saturated heterocycles. The summed E-state index contributed by atoms with van der Waals surface area (Å²) >= 11 is 4.83. The van der Waals surface area contributed by atoms with Crippen LogP contribution in [0.5, 0.6) is 0 Å². The minimum Gasteiger partial charge on any atom is -0.389 e. The third-order valence-corrected chi connectivity index (χ3v) is 2.85. The molecule has 1 amide bonds. The van der Waals surface area contributed by atoms with Gasteiger partial charge in [0.1, 0.15) is 10.8 Å². The summed E-state index contributed by atoms with van der Waals surface area (Å²) < 4.78 is 0. The Bertz CT molecular complexity index is 397. The van der Waals surface area contributed by atoms with Crippen molar-refractivity contribution < 1.29 is 4.79 Å². The molecule has 1 aliphatic rings. The summed E-state index contributed by atoms with van der Waals surface area (Å²) in [4.78, 5) is 11.9. The van der Waals surface area contributed by atoms with Gasteiger partial charge >= 0.3 is 0 Å². The van der Waals surface area contributed by atoms with E-state index in [9.17, 15) is 4.79 Å². The van der Waals surface area contributed by atoms with Gasteiger partial charge in [0.2, 0.25) is 5.91 Å². The molecular weight excluding hydrogens is 212 g/mol. The summed E-state index contributed by atoms with van der Waals surface area (Å²) in [5.74, 6) is 0.648. The third kappa shape index (κ3) is 1.99. The van der Waals surface area contributed by atoms with Gasteiger partial charge in [-0.15, -0.1) is 0 Å². The number of anilines is 1. The molecule has 80 valence electrons. The number of carbonyl (C=O) groups excluding carboxylic acids is 1. The predicted octanol–water partition coefficient (Wildman–Crippen LogP) is 0.782. The smallest absolute Gasteiger partial charge is 0.228 e. The molecular formula is C9H12N4OS. The van der Waals surface area contributed by atoms with Gasteiger partial charge in [0.25, 0.3) is 0 Å². The number of amides is 1. The number of H-pyrrole nitrogens is 1. The van der Waals surface area contributed by atoms with E-state index < -0.39 is 0 Å². The lowest BCUT2D eigenvalue weighted by Crippen LogP contribution is -2.29. The van der Waals surface area contributed by atoms with Gasteiger partial charge in [0.15, 0.2) is 0 Å². The van der Waals surface area contributed by atoms with Gasteiger partial charge in [-0.05, 0) is 12.8 Å². The average molecular weight is 224 g/mol. The minimum atomic E-state index is 0.0167. The predicted molar refractivity (Wildman–Crippen MR) is 60.4 cm³/mol.